The minimum Gasteiger partial charge on any atom is -0.391 e. The van der Waals surface area contributed by atoms with Crippen LogP contribution in [0.4, 0.5) is 0 Å². The smallest absolute Gasteiger partial charge is 0.330 e. The van der Waals surface area contributed by atoms with Crippen LogP contribution in [0.3, 0.4) is 0 Å². The zero-order valence-corrected chi connectivity index (χ0v) is 19.4. The van der Waals surface area contributed by atoms with Crippen LogP contribution in [0.5, 0.6) is 0 Å². The predicted molar refractivity (Wildman–Crippen MR) is 112 cm³/mol. The molecule has 30 heavy (non-hydrogen) atoms. The van der Waals surface area contributed by atoms with E-state index in [9.17, 15) is 24.4 Å². The molecule has 0 radical (unpaired) electrons. The van der Waals surface area contributed by atoms with E-state index in [1.165, 1.54) is 4.90 Å². The highest BCUT2D eigenvalue weighted by Gasteiger charge is 2.33. The van der Waals surface area contributed by atoms with Crippen molar-refractivity contribution in [2.24, 2.45) is 10.8 Å². The van der Waals surface area contributed by atoms with Gasteiger partial charge in [0.05, 0.1) is 6.10 Å². The number of amides is 3. The van der Waals surface area contributed by atoms with Crippen molar-refractivity contribution >= 4 is 26.8 Å². The van der Waals surface area contributed by atoms with E-state index < -0.39 is 26.2 Å². The first-order valence-corrected chi connectivity index (χ1v) is 11.2. The highest BCUT2D eigenvalue weighted by Crippen LogP contribution is 2.35. The molecule has 1 aliphatic heterocycles. The molecule has 1 aliphatic rings. The van der Waals surface area contributed by atoms with Gasteiger partial charge in [-0.05, 0) is 18.3 Å². The predicted octanol–water partition coefficient (Wildman–Crippen LogP) is 0.525. The molecule has 0 bridgehead atoms. The lowest BCUT2D eigenvalue weighted by Crippen LogP contribution is -2.44. The van der Waals surface area contributed by atoms with Crippen LogP contribution in [0.25, 0.3) is 0 Å². The Morgan fingerprint density at radius 1 is 1.27 bits per heavy atom. The second-order valence-electron chi connectivity index (χ2n) is 9.38. The maximum atomic E-state index is 12.6. The maximum Gasteiger partial charge on any atom is 0.330 e. The van der Waals surface area contributed by atoms with E-state index in [1.807, 2.05) is 13.8 Å². The van der Waals surface area contributed by atoms with Crippen molar-refractivity contribution in [3.8, 4) is 0 Å². The van der Waals surface area contributed by atoms with Crippen LogP contribution in [0.15, 0.2) is 0 Å². The van der Waals surface area contributed by atoms with Gasteiger partial charge in [0.15, 0.2) is 0 Å². The van der Waals surface area contributed by atoms with Gasteiger partial charge >= 0.3 is 8.60 Å². The molecule has 0 aromatic rings. The normalized spacial score (nSPS) is 19.3. The third-order valence-corrected chi connectivity index (χ3v) is 5.39. The Labute approximate surface area is 179 Å². The van der Waals surface area contributed by atoms with Gasteiger partial charge in [-0.2, -0.15) is 0 Å². The number of carbonyl (C=O) groups excluding carboxylic acids is 3. The van der Waals surface area contributed by atoms with Crippen LogP contribution in [0, 0.1) is 10.8 Å². The van der Waals surface area contributed by atoms with Crippen LogP contribution in [-0.4, -0.2) is 78.1 Å². The lowest BCUT2D eigenvalue weighted by Gasteiger charge is -2.31. The van der Waals surface area contributed by atoms with Gasteiger partial charge in [0.25, 0.3) is 0 Å². The first-order valence-electron chi connectivity index (χ1n) is 10.0. The van der Waals surface area contributed by atoms with E-state index in [0.29, 0.717) is 25.8 Å². The third kappa shape index (κ3) is 10.1. The van der Waals surface area contributed by atoms with Gasteiger partial charge in [0, 0.05) is 31.6 Å². The molecule has 174 valence electrons. The van der Waals surface area contributed by atoms with Gasteiger partial charge in [-0.1, -0.05) is 34.6 Å². The standard InChI is InChI=1S/C19H36N3O7P/c1-18(2,3)12-19(4,5)17(26)21-9-15(8-20-13-23)29-30(27)28-11-16(25)22-7-6-14(24)10-22/h13-15,24,27H,6-12H2,1-5H3,(H,20,23)(H,21,26). The van der Waals surface area contributed by atoms with Gasteiger partial charge in [-0.3, -0.25) is 14.4 Å². The number of carbonyl (C=O) groups is 3. The Morgan fingerprint density at radius 2 is 1.93 bits per heavy atom. The van der Waals surface area contributed by atoms with Crippen molar-refractivity contribution in [3.63, 3.8) is 0 Å². The molecule has 0 saturated carbocycles. The number of rotatable bonds is 12. The summed E-state index contributed by atoms with van der Waals surface area (Å²) in [6.07, 6.45) is 0.411. The number of likely N-dealkylation sites (tertiary alicyclic amines) is 1. The molecule has 3 atom stereocenters. The minimum absolute atomic E-state index is 0.0268. The Hall–Kier alpha value is -1.32. The van der Waals surface area contributed by atoms with Crippen LogP contribution in [0.2, 0.25) is 0 Å². The van der Waals surface area contributed by atoms with E-state index >= 15 is 0 Å². The lowest BCUT2D eigenvalue weighted by atomic mass is 9.76. The lowest BCUT2D eigenvalue weighted by molar-refractivity contribution is -0.133. The molecular weight excluding hydrogens is 413 g/mol. The quantitative estimate of drug-likeness (QED) is 0.252. The van der Waals surface area contributed by atoms with Crippen LogP contribution in [0.1, 0.15) is 47.5 Å². The monoisotopic (exact) mass is 449 g/mol. The molecule has 0 spiro atoms. The summed E-state index contributed by atoms with van der Waals surface area (Å²) in [5, 5.41) is 14.7. The SMILES string of the molecule is CC(C)(C)CC(C)(C)C(=O)NCC(CNC=O)OP(O)OCC(=O)N1CCC(O)C1. The first-order chi connectivity index (χ1) is 13.8. The van der Waals surface area contributed by atoms with Gasteiger partial charge in [0.1, 0.15) is 12.7 Å². The van der Waals surface area contributed by atoms with Crippen LogP contribution >= 0.6 is 8.60 Å². The van der Waals surface area contributed by atoms with E-state index in [0.717, 1.165) is 0 Å². The summed E-state index contributed by atoms with van der Waals surface area (Å²) >= 11 is 0. The van der Waals surface area contributed by atoms with E-state index in [1.54, 1.807) is 0 Å². The number of hydrogen-bond acceptors (Lipinski definition) is 7. The topological polar surface area (TPSA) is 137 Å². The largest absolute Gasteiger partial charge is 0.391 e. The first kappa shape index (κ1) is 26.7. The molecule has 4 N–H and O–H groups in total. The van der Waals surface area contributed by atoms with Crippen LogP contribution in [-0.2, 0) is 23.4 Å². The summed E-state index contributed by atoms with van der Waals surface area (Å²) in [7, 11) is -2.39. The van der Waals surface area contributed by atoms with Crippen molar-refractivity contribution < 1.29 is 33.4 Å². The number of aliphatic hydroxyl groups is 1. The zero-order chi connectivity index (χ0) is 22.9. The molecule has 1 fully saturated rings. The fourth-order valence-corrected chi connectivity index (χ4v) is 4.19. The van der Waals surface area contributed by atoms with Crippen molar-refractivity contribution in [2.75, 3.05) is 32.8 Å². The minimum atomic E-state index is -2.39. The molecule has 11 heteroatoms. The second kappa shape index (κ2) is 11.9. The van der Waals surface area contributed by atoms with Crippen molar-refractivity contribution in [3.05, 3.63) is 0 Å². The fraction of sp³-hybridized carbons (Fsp3) is 0.842. The Kier molecular flexibility index (Phi) is 10.6. The summed E-state index contributed by atoms with van der Waals surface area (Å²) in [4.78, 5) is 46.7. The number of β-amino-alcohol motifs (C(OH)–C–C–N with tert-alkyl or cyclic N) is 1. The zero-order valence-electron chi connectivity index (χ0n) is 18.5. The van der Waals surface area contributed by atoms with E-state index in [2.05, 4.69) is 31.4 Å². The summed E-state index contributed by atoms with van der Waals surface area (Å²) in [5.41, 5.74) is -0.630. The Bertz CT molecular complexity index is 583. The molecule has 1 saturated heterocycles. The summed E-state index contributed by atoms with van der Waals surface area (Å²) < 4.78 is 10.5. The second-order valence-corrected chi connectivity index (χ2v) is 10.3. The molecule has 1 rings (SSSR count). The number of nitrogens with one attached hydrogen (secondary N) is 2. The molecule has 3 amide bonds. The summed E-state index contributed by atoms with van der Waals surface area (Å²) in [5.74, 6) is -0.514. The van der Waals surface area contributed by atoms with Gasteiger partial charge in [-0.25, -0.2) is 0 Å². The molecule has 1 heterocycles. The molecule has 0 aliphatic carbocycles. The Morgan fingerprint density at radius 3 is 2.47 bits per heavy atom. The number of nitrogens with zero attached hydrogens (tertiary/aromatic N) is 1. The van der Waals surface area contributed by atoms with Crippen LogP contribution < -0.4 is 10.6 Å². The molecule has 3 unspecified atom stereocenters. The van der Waals surface area contributed by atoms with E-state index in [4.69, 9.17) is 9.05 Å². The molecular formula is C19H36N3O7P. The van der Waals surface area contributed by atoms with E-state index in [-0.39, 0.29) is 43.5 Å². The molecule has 10 nitrogen and oxygen atoms in total. The average molecular weight is 449 g/mol. The van der Waals surface area contributed by atoms with Crippen molar-refractivity contribution in [2.45, 2.75) is 59.7 Å². The summed E-state index contributed by atoms with van der Waals surface area (Å²) in [6.45, 7) is 10.3. The van der Waals surface area contributed by atoms with Crippen molar-refractivity contribution in [1.29, 1.82) is 0 Å². The third-order valence-electron chi connectivity index (χ3n) is 4.56. The molecule has 0 aromatic carbocycles. The molecule has 0 aromatic heterocycles. The maximum absolute atomic E-state index is 12.6. The van der Waals surface area contributed by atoms with Crippen molar-refractivity contribution in [1.82, 2.24) is 15.5 Å². The fourth-order valence-electron chi connectivity index (χ4n) is 3.51. The highest BCUT2D eigenvalue weighted by molar-refractivity contribution is 7.40. The average Bonchev–Trinajstić information content (AvgIpc) is 3.06. The highest BCUT2D eigenvalue weighted by atomic mass is 31.2. The Balaban J connectivity index is 2.50. The summed E-state index contributed by atoms with van der Waals surface area (Å²) in [6, 6.07) is 0. The van der Waals surface area contributed by atoms with Gasteiger partial charge in [-0.15, -0.1) is 0 Å². The van der Waals surface area contributed by atoms with Gasteiger partial charge < -0.3 is 34.6 Å². The number of aliphatic hydroxyl groups excluding tert-OH is 1. The van der Waals surface area contributed by atoms with Gasteiger partial charge in [0.2, 0.25) is 18.2 Å². The number of hydrogen-bond donors (Lipinski definition) is 4.